The van der Waals surface area contributed by atoms with Crippen LogP contribution in [-0.4, -0.2) is 29.8 Å². The fourth-order valence-electron chi connectivity index (χ4n) is 2.86. The summed E-state index contributed by atoms with van der Waals surface area (Å²) >= 11 is 0. The second-order valence-electron chi connectivity index (χ2n) is 5.54. The molecule has 0 aliphatic carbocycles. The lowest BCUT2D eigenvalue weighted by Gasteiger charge is -2.25. The van der Waals surface area contributed by atoms with Crippen LogP contribution < -0.4 is 10.6 Å². The molecule has 6 nitrogen and oxygen atoms in total. The van der Waals surface area contributed by atoms with Crippen LogP contribution in [0.5, 0.6) is 0 Å². The molecule has 0 saturated carbocycles. The van der Waals surface area contributed by atoms with Crippen molar-refractivity contribution >= 4 is 18.3 Å². The zero-order chi connectivity index (χ0) is 16.9. The van der Waals surface area contributed by atoms with Gasteiger partial charge in [0.25, 0.3) is 5.91 Å². The second kappa shape index (κ2) is 6.95. The maximum absolute atomic E-state index is 12.5. The fraction of sp³-hybridized carbons (Fsp3) is 0.167. The molecule has 0 spiro atoms. The Labute approximate surface area is 139 Å². The van der Waals surface area contributed by atoms with Gasteiger partial charge in [0.05, 0.1) is 6.04 Å². The SMILES string of the molecule is O=CNC(=O)N[C@@H](CN1Cc2ccccc2C1=O)c1ccccc1. The zero-order valence-corrected chi connectivity index (χ0v) is 12.9. The van der Waals surface area contributed by atoms with E-state index in [1.807, 2.05) is 54.6 Å². The van der Waals surface area contributed by atoms with Crippen molar-refractivity contribution in [2.45, 2.75) is 12.6 Å². The van der Waals surface area contributed by atoms with Crippen molar-refractivity contribution in [3.8, 4) is 0 Å². The lowest BCUT2D eigenvalue weighted by molar-refractivity contribution is -0.108. The first-order valence-electron chi connectivity index (χ1n) is 7.62. The van der Waals surface area contributed by atoms with Crippen molar-refractivity contribution in [2.24, 2.45) is 0 Å². The van der Waals surface area contributed by atoms with Crippen molar-refractivity contribution in [1.82, 2.24) is 15.5 Å². The summed E-state index contributed by atoms with van der Waals surface area (Å²) in [4.78, 5) is 36.4. The van der Waals surface area contributed by atoms with E-state index in [4.69, 9.17) is 0 Å². The molecular formula is C18H17N3O3. The topological polar surface area (TPSA) is 78.5 Å². The first-order chi connectivity index (χ1) is 11.7. The molecule has 2 aromatic rings. The third kappa shape index (κ3) is 3.27. The third-order valence-corrected chi connectivity index (χ3v) is 4.00. The molecule has 1 aliphatic rings. The molecule has 2 N–H and O–H groups in total. The minimum Gasteiger partial charge on any atom is -0.332 e. The first-order valence-corrected chi connectivity index (χ1v) is 7.62. The highest BCUT2D eigenvalue weighted by Gasteiger charge is 2.29. The molecule has 0 bridgehead atoms. The van der Waals surface area contributed by atoms with Gasteiger partial charge in [0.15, 0.2) is 0 Å². The molecule has 1 atom stereocenters. The van der Waals surface area contributed by atoms with Gasteiger partial charge in [-0.1, -0.05) is 48.5 Å². The number of imide groups is 1. The Morgan fingerprint density at radius 3 is 2.54 bits per heavy atom. The number of hydrogen-bond donors (Lipinski definition) is 2. The van der Waals surface area contributed by atoms with Gasteiger partial charge < -0.3 is 10.2 Å². The van der Waals surface area contributed by atoms with Crippen LogP contribution in [0.2, 0.25) is 0 Å². The summed E-state index contributed by atoms with van der Waals surface area (Å²) in [7, 11) is 0. The van der Waals surface area contributed by atoms with E-state index in [0.717, 1.165) is 11.1 Å². The first kappa shape index (κ1) is 15.7. The highest BCUT2D eigenvalue weighted by Crippen LogP contribution is 2.25. The van der Waals surface area contributed by atoms with Crippen LogP contribution in [0.25, 0.3) is 0 Å². The van der Waals surface area contributed by atoms with Crippen molar-refractivity contribution in [3.05, 3.63) is 71.3 Å². The summed E-state index contributed by atoms with van der Waals surface area (Å²) in [5.41, 5.74) is 2.54. The number of hydrogen-bond acceptors (Lipinski definition) is 3. The Kier molecular flexibility index (Phi) is 4.56. The molecule has 0 radical (unpaired) electrons. The van der Waals surface area contributed by atoms with Crippen LogP contribution in [0, 0.1) is 0 Å². The molecule has 0 saturated heterocycles. The minimum absolute atomic E-state index is 0.0517. The minimum atomic E-state index is -0.594. The van der Waals surface area contributed by atoms with Gasteiger partial charge in [-0.3, -0.25) is 14.9 Å². The summed E-state index contributed by atoms with van der Waals surface area (Å²) in [6.45, 7) is 0.832. The molecule has 122 valence electrons. The average molecular weight is 323 g/mol. The normalized spacial score (nSPS) is 14.0. The molecule has 2 aromatic carbocycles. The van der Waals surface area contributed by atoms with E-state index in [2.05, 4.69) is 10.6 Å². The summed E-state index contributed by atoms with van der Waals surface area (Å²) in [5, 5.41) is 4.80. The predicted molar refractivity (Wildman–Crippen MR) is 88.1 cm³/mol. The van der Waals surface area contributed by atoms with Crippen LogP contribution >= 0.6 is 0 Å². The van der Waals surface area contributed by atoms with Crippen molar-refractivity contribution in [1.29, 1.82) is 0 Å². The molecule has 1 aliphatic heterocycles. The van der Waals surface area contributed by atoms with Gasteiger partial charge in [-0.2, -0.15) is 0 Å². The summed E-state index contributed by atoms with van der Waals surface area (Å²) in [6.07, 6.45) is 0.328. The number of urea groups is 1. The van der Waals surface area contributed by atoms with E-state index in [-0.39, 0.29) is 5.91 Å². The van der Waals surface area contributed by atoms with Crippen molar-refractivity contribution in [3.63, 3.8) is 0 Å². The molecule has 24 heavy (non-hydrogen) atoms. The number of carbonyl (C=O) groups is 3. The monoisotopic (exact) mass is 323 g/mol. The average Bonchev–Trinajstić information content (AvgIpc) is 2.92. The van der Waals surface area contributed by atoms with E-state index in [9.17, 15) is 14.4 Å². The standard InChI is InChI=1S/C18H17N3O3/c22-12-19-18(24)20-16(13-6-2-1-3-7-13)11-21-10-14-8-4-5-9-15(14)17(21)23/h1-9,12,16H,10-11H2,(H2,19,20,22,24)/t16-/m0/s1. The van der Waals surface area contributed by atoms with E-state index < -0.39 is 12.1 Å². The summed E-state index contributed by atoms with van der Waals surface area (Å²) in [6, 6.07) is 15.8. The number of nitrogens with one attached hydrogen (secondary N) is 2. The fourth-order valence-corrected chi connectivity index (χ4v) is 2.86. The lowest BCUT2D eigenvalue weighted by atomic mass is 10.1. The Hall–Kier alpha value is -3.15. The van der Waals surface area contributed by atoms with E-state index in [0.29, 0.717) is 25.1 Å². The van der Waals surface area contributed by atoms with Crippen LogP contribution in [0.15, 0.2) is 54.6 Å². The van der Waals surface area contributed by atoms with Crippen LogP contribution in [0.1, 0.15) is 27.5 Å². The zero-order valence-electron chi connectivity index (χ0n) is 12.9. The summed E-state index contributed by atoms with van der Waals surface area (Å²) < 4.78 is 0. The van der Waals surface area contributed by atoms with Gasteiger partial charge in [0, 0.05) is 18.7 Å². The number of benzene rings is 2. The molecule has 1 heterocycles. The van der Waals surface area contributed by atoms with Crippen LogP contribution in [-0.2, 0) is 11.3 Å². The quantitative estimate of drug-likeness (QED) is 0.824. The number of nitrogens with zero attached hydrogens (tertiary/aromatic N) is 1. The van der Waals surface area contributed by atoms with Gasteiger partial charge in [-0.25, -0.2) is 4.79 Å². The molecule has 6 heteroatoms. The Bertz CT molecular complexity index is 761. The smallest absolute Gasteiger partial charge is 0.321 e. The Morgan fingerprint density at radius 2 is 1.83 bits per heavy atom. The predicted octanol–water partition coefficient (Wildman–Crippen LogP) is 1.84. The lowest BCUT2D eigenvalue weighted by Crippen LogP contribution is -2.42. The number of amides is 4. The second-order valence-corrected chi connectivity index (χ2v) is 5.54. The Balaban J connectivity index is 1.79. The third-order valence-electron chi connectivity index (χ3n) is 4.00. The van der Waals surface area contributed by atoms with Gasteiger partial charge in [0.2, 0.25) is 6.41 Å². The van der Waals surface area contributed by atoms with Gasteiger partial charge >= 0.3 is 6.03 Å². The molecular weight excluding hydrogens is 306 g/mol. The highest BCUT2D eigenvalue weighted by molar-refractivity contribution is 5.98. The van der Waals surface area contributed by atoms with E-state index in [1.165, 1.54) is 0 Å². The van der Waals surface area contributed by atoms with E-state index >= 15 is 0 Å². The largest absolute Gasteiger partial charge is 0.332 e. The number of fused-ring (bicyclic) bond motifs is 1. The van der Waals surface area contributed by atoms with Crippen molar-refractivity contribution < 1.29 is 14.4 Å². The van der Waals surface area contributed by atoms with Crippen LogP contribution in [0.3, 0.4) is 0 Å². The number of carbonyl (C=O) groups excluding carboxylic acids is 3. The molecule has 3 rings (SSSR count). The highest BCUT2D eigenvalue weighted by atomic mass is 16.2. The molecule has 0 unspecified atom stereocenters. The number of rotatable bonds is 5. The maximum Gasteiger partial charge on any atom is 0.321 e. The molecule has 0 fully saturated rings. The maximum atomic E-state index is 12.5. The van der Waals surface area contributed by atoms with Gasteiger partial charge in [-0.05, 0) is 17.2 Å². The molecule has 0 aromatic heterocycles. The van der Waals surface area contributed by atoms with Gasteiger partial charge in [-0.15, -0.1) is 0 Å². The van der Waals surface area contributed by atoms with E-state index in [1.54, 1.807) is 4.90 Å². The Morgan fingerprint density at radius 1 is 1.12 bits per heavy atom. The summed E-state index contributed by atoms with van der Waals surface area (Å²) in [5.74, 6) is -0.0517. The molecule has 4 amide bonds. The van der Waals surface area contributed by atoms with Crippen LogP contribution in [0.4, 0.5) is 4.79 Å². The van der Waals surface area contributed by atoms with Crippen molar-refractivity contribution in [2.75, 3.05) is 6.54 Å². The van der Waals surface area contributed by atoms with Gasteiger partial charge in [0.1, 0.15) is 0 Å².